The molecule has 0 aliphatic rings. The minimum absolute atomic E-state index is 0. The number of rotatable bonds is 5. The predicted molar refractivity (Wildman–Crippen MR) is 178 cm³/mol. The summed E-state index contributed by atoms with van der Waals surface area (Å²) in [6, 6.07) is 21.9. The molecule has 0 spiro atoms. The molecule has 7 heteroatoms. The average Bonchev–Trinajstić information content (AvgIpc) is 3.40. The van der Waals surface area contributed by atoms with E-state index in [0.717, 1.165) is 28.1 Å². The van der Waals surface area contributed by atoms with Gasteiger partial charge >= 0.3 is 0 Å². The van der Waals surface area contributed by atoms with Crippen molar-refractivity contribution < 1.29 is 34.4 Å². The van der Waals surface area contributed by atoms with Gasteiger partial charge in [-0.15, -0.1) is 53.6 Å². The predicted octanol–water partition coefficient (Wildman–Crippen LogP) is 9.63. The molecule has 0 atom stereocenters. The Kier molecular flexibility index (Phi) is 8.68. The molecule has 229 valence electrons. The van der Waals surface area contributed by atoms with Gasteiger partial charge in [0.25, 0.3) is 0 Å². The Balaban J connectivity index is 0.000000212. The Morgan fingerprint density at radius 1 is 0.932 bits per heavy atom. The van der Waals surface area contributed by atoms with Crippen molar-refractivity contribution in [2.75, 3.05) is 0 Å². The van der Waals surface area contributed by atoms with Gasteiger partial charge in [-0.25, -0.2) is 9.37 Å². The Morgan fingerprint density at radius 2 is 1.70 bits per heavy atom. The molecule has 4 aromatic heterocycles. The van der Waals surface area contributed by atoms with Crippen LogP contribution in [-0.4, -0.2) is 23.0 Å². The molecule has 1 radical (unpaired) electrons. The van der Waals surface area contributed by atoms with E-state index in [1.807, 2.05) is 38.2 Å². The number of pyridine rings is 3. The average molecular weight is 784 g/mol. The largest absolute Gasteiger partial charge is 0.486 e. The van der Waals surface area contributed by atoms with E-state index in [4.69, 9.17) is 9.90 Å². The minimum Gasteiger partial charge on any atom is -0.486 e. The van der Waals surface area contributed by atoms with Crippen LogP contribution in [0, 0.1) is 24.8 Å². The smallest absolute Gasteiger partial charge is 0.219 e. The molecule has 6 rings (SSSR count). The zero-order chi connectivity index (χ0) is 34.3. The van der Waals surface area contributed by atoms with E-state index in [0.29, 0.717) is 28.0 Å². The summed E-state index contributed by atoms with van der Waals surface area (Å²) in [5.74, 6) is -0.660. The molecule has 6 aromatic rings. The van der Waals surface area contributed by atoms with E-state index in [2.05, 4.69) is 60.6 Å². The van der Waals surface area contributed by atoms with Crippen LogP contribution in [0.4, 0.5) is 4.39 Å². The number of fused-ring (bicyclic) bond motifs is 3. The van der Waals surface area contributed by atoms with Crippen LogP contribution in [0.3, 0.4) is 0 Å². The topological polar surface area (TPSA) is 51.8 Å². The van der Waals surface area contributed by atoms with Crippen molar-refractivity contribution in [2.24, 2.45) is 0 Å². The summed E-state index contributed by atoms with van der Waals surface area (Å²) in [5, 5.41) is 2.28. The van der Waals surface area contributed by atoms with Gasteiger partial charge in [0.05, 0.1) is 19.0 Å². The monoisotopic (exact) mass is 784 g/mol. The number of nitrogens with zero attached hydrogens (tertiary/aromatic N) is 3. The van der Waals surface area contributed by atoms with Gasteiger partial charge in [0.2, 0.25) is 5.71 Å². The maximum atomic E-state index is 14.1. The van der Waals surface area contributed by atoms with Crippen LogP contribution in [0.25, 0.3) is 44.6 Å². The second-order valence-corrected chi connectivity index (χ2v) is 17.2. The van der Waals surface area contributed by atoms with Crippen molar-refractivity contribution in [1.82, 2.24) is 15.0 Å². The Hall–Kier alpha value is -3.51. The molecule has 0 aliphatic carbocycles. The number of aryl methyl sites for hydroxylation is 1. The standard InChI is InChI=1S/C19H14FN2O.C18H24NSi.Ir/c1-11(2)12-6-8-21-16(10-12)13-4-3-5-14-17-15(20)7-9-22-19(17)23-18(13)14;1-13(2)16-11-17(15-9-7-14(3)8-10-15)19-12-18(16)20(4,5)6;/h3,5-11H,1-2H3;7-9,11-13H,1-6H3;/q2*-1;/i;3D3,13D;. The van der Waals surface area contributed by atoms with Gasteiger partial charge in [0, 0.05) is 44.2 Å². The zero-order valence-electron chi connectivity index (χ0n) is 30.0. The molecule has 0 bridgehead atoms. The first-order valence-electron chi connectivity index (χ1n) is 16.3. The van der Waals surface area contributed by atoms with Crippen LogP contribution in [-0.2, 0) is 20.1 Å². The van der Waals surface area contributed by atoms with E-state index in [1.54, 1.807) is 30.5 Å². The normalized spacial score (nSPS) is 13.4. The third kappa shape index (κ3) is 7.07. The van der Waals surface area contributed by atoms with Crippen molar-refractivity contribution in [3.63, 3.8) is 0 Å². The minimum atomic E-state index is -2.13. The summed E-state index contributed by atoms with van der Waals surface area (Å²) < 4.78 is 50.7. The van der Waals surface area contributed by atoms with Gasteiger partial charge < -0.3 is 14.4 Å². The van der Waals surface area contributed by atoms with Crippen LogP contribution in [0.1, 0.15) is 61.7 Å². The number of aromatic nitrogens is 3. The maximum absolute atomic E-state index is 14.1. The zero-order valence-corrected chi connectivity index (χ0v) is 29.4. The van der Waals surface area contributed by atoms with E-state index in [1.165, 1.54) is 29.1 Å². The first kappa shape index (κ1) is 28.0. The molecule has 0 saturated carbocycles. The van der Waals surface area contributed by atoms with Crippen LogP contribution in [0.2, 0.25) is 19.6 Å². The summed E-state index contributed by atoms with van der Waals surface area (Å²) in [5.41, 5.74) is 6.25. The summed E-state index contributed by atoms with van der Waals surface area (Å²) >= 11 is 0. The summed E-state index contributed by atoms with van der Waals surface area (Å²) in [4.78, 5) is 13.1. The van der Waals surface area contributed by atoms with Crippen molar-refractivity contribution in [2.45, 2.75) is 66.0 Å². The van der Waals surface area contributed by atoms with Crippen LogP contribution < -0.4 is 5.19 Å². The van der Waals surface area contributed by atoms with Crippen molar-refractivity contribution in [1.29, 1.82) is 0 Å². The van der Waals surface area contributed by atoms with E-state index in [9.17, 15) is 4.39 Å². The van der Waals surface area contributed by atoms with Crippen LogP contribution >= 0.6 is 0 Å². The number of hydrogen-bond acceptors (Lipinski definition) is 4. The first-order valence-corrected chi connectivity index (χ1v) is 17.8. The molecule has 0 N–H and O–H groups in total. The Bertz CT molecular complexity index is 2050. The molecular formula is C37H38FIrN3OSi-2. The van der Waals surface area contributed by atoms with Gasteiger partial charge in [-0.3, -0.25) is 0 Å². The van der Waals surface area contributed by atoms with Crippen LogP contribution in [0.5, 0.6) is 0 Å². The Morgan fingerprint density at radius 3 is 2.36 bits per heavy atom. The van der Waals surface area contributed by atoms with Crippen molar-refractivity contribution in [3.05, 3.63) is 108 Å². The molecular weight excluding hydrogens is 742 g/mol. The van der Waals surface area contributed by atoms with Gasteiger partial charge in [-0.2, -0.15) is 0 Å². The number of hydrogen-bond donors (Lipinski definition) is 0. The second-order valence-electron chi connectivity index (χ2n) is 12.2. The molecule has 0 amide bonds. The van der Waals surface area contributed by atoms with E-state index in [-0.39, 0.29) is 31.5 Å². The third-order valence-electron chi connectivity index (χ3n) is 7.33. The van der Waals surface area contributed by atoms with E-state index < -0.39 is 20.8 Å². The summed E-state index contributed by atoms with van der Waals surface area (Å²) in [6.07, 6.45) is 5.07. The van der Waals surface area contributed by atoms with Crippen LogP contribution in [0.15, 0.2) is 77.6 Å². The second kappa shape index (κ2) is 13.6. The number of halogens is 1. The van der Waals surface area contributed by atoms with Gasteiger partial charge in [-0.05, 0) is 40.5 Å². The van der Waals surface area contributed by atoms with Gasteiger partial charge in [0.15, 0.2) is 0 Å². The van der Waals surface area contributed by atoms with E-state index >= 15 is 0 Å². The maximum Gasteiger partial charge on any atom is 0.219 e. The number of furan rings is 1. The fourth-order valence-corrected chi connectivity index (χ4v) is 6.54. The molecule has 0 aliphatic heterocycles. The first-order chi connectivity index (χ1) is 21.9. The summed E-state index contributed by atoms with van der Waals surface area (Å²) in [7, 11) is -1.61. The quantitative estimate of drug-likeness (QED) is 0.129. The molecule has 0 unspecified atom stereocenters. The third-order valence-corrected chi connectivity index (χ3v) is 9.34. The molecule has 44 heavy (non-hydrogen) atoms. The molecule has 2 aromatic carbocycles. The van der Waals surface area contributed by atoms with Crippen molar-refractivity contribution in [3.8, 4) is 22.5 Å². The molecule has 0 fully saturated rings. The summed E-state index contributed by atoms with van der Waals surface area (Å²) in [6.45, 7) is 12.6. The molecule has 0 saturated heterocycles. The van der Waals surface area contributed by atoms with Crippen molar-refractivity contribution >= 4 is 35.3 Å². The van der Waals surface area contributed by atoms with Gasteiger partial charge in [0.1, 0.15) is 5.82 Å². The van der Waals surface area contributed by atoms with Gasteiger partial charge in [-0.1, -0.05) is 88.4 Å². The number of benzene rings is 2. The molecule has 4 nitrogen and oxygen atoms in total. The fourth-order valence-electron chi connectivity index (χ4n) is 4.96. The Labute approximate surface area is 280 Å². The fraction of sp³-hybridized carbons (Fsp3) is 0.270. The SMILES string of the molecule is CC(C)c1ccnc(-c2[c-]ccc3c2oc2nccc(F)c23)c1.[2H]C([2H])([2H])c1c[c-]c(-c2cc(C([2H])(C)C)c([Si](C)(C)C)cn2)cc1.[Ir]. The molecule has 4 heterocycles.